The van der Waals surface area contributed by atoms with Crippen LogP contribution >= 0.6 is 23.2 Å². The van der Waals surface area contributed by atoms with Gasteiger partial charge in [0.25, 0.3) is 0 Å². The van der Waals surface area contributed by atoms with E-state index in [1.165, 1.54) is 6.92 Å². The lowest BCUT2D eigenvalue weighted by Crippen LogP contribution is -2.12. The van der Waals surface area contributed by atoms with Crippen LogP contribution in [0.5, 0.6) is 0 Å². The van der Waals surface area contributed by atoms with Crippen molar-refractivity contribution in [2.24, 2.45) is 5.11 Å². The maximum absolute atomic E-state index is 11.0. The largest absolute Gasteiger partial charge is 0.457 e. The Morgan fingerprint density at radius 1 is 1.53 bits per heavy atom. The Morgan fingerprint density at radius 2 is 2.12 bits per heavy atom. The Balaban J connectivity index is 3.11. The quantitative estimate of drug-likeness (QED) is 0.361. The standard InChI is InChI=1S/C10H9Cl2N3O2/c1-6(16)17-9(5-14-15-13)10-7(11)3-2-4-8(10)12/h2-4,9H,5H2,1H3. The molecule has 0 aliphatic rings. The van der Waals surface area contributed by atoms with Crippen LogP contribution in [0.3, 0.4) is 0 Å². The van der Waals surface area contributed by atoms with Crippen LogP contribution in [0.2, 0.25) is 10.0 Å². The second kappa shape index (κ2) is 6.35. The van der Waals surface area contributed by atoms with E-state index in [4.69, 9.17) is 33.5 Å². The van der Waals surface area contributed by atoms with Crippen molar-refractivity contribution in [3.63, 3.8) is 0 Å². The van der Waals surface area contributed by atoms with E-state index in [2.05, 4.69) is 10.0 Å². The van der Waals surface area contributed by atoms with Gasteiger partial charge in [-0.2, -0.15) is 0 Å². The van der Waals surface area contributed by atoms with Gasteiger partial charge in [0.15, 0.2) is 0 Å². The van der Waals surface area contributed by atoms with E-state index in [9.17, 15) is 4.79 Å². The summed E-state index contributed by atoms with van der Waals surface area (Å²) in [5, 5.41) is 4.09. The van der Waals surface area contributed by atoms with Gasteiger partial charge < -0.3 is 4.74 Å². The minimum Gasteiger partial charge on any atom is -0.457 e. The molecule has 0 heterocycles. The minimum absolute atomic E-state index is 0.0560. The number of rotatable bonds is 4. The molecule has 1 aromatic carbocycles. The summed E-state index contributed by atoms with van der Waals surface area (Å²) >= 11 is 12.0. The highest BCUT2D eigenvalue weighted by Gasteiger charge is 2.20. The highest BCUT2D eigenvalue weighted by molar-refractivity contribution is 6.36. The summed E-state index contributed by atoms with van der Waals surface area (Å²) in [5.41, 5.74) is 8.73. The molecule has 17 heavy (non-hydrogen) atoms. The van der Waals surface area contributed by atoms with Gasteiger partial charge in [-0.05, 0) is 17.7 Å². The molecule has 0 N–H and O–H groups in total. The van der Waals surface area contributed by atoms with E-state index in [1.807, 2.05) is 0 Å². The van der Waals surface area contributed by atoms with Gasteiger partial charge in [-0.3, -0.25) is 4.79 Å². The molecule has 0 fully saturated rings. The van der Waals surface area contributed by atoms with E-state index in [-0.39, 0.29) is 6.54 Å². The molecule has 1 rings (SSSR count). The Hall–Kier alpha value is -1.42. The molecule has 0 saturated heterocycles. The lowest BCUT2D eigenvalue weighted by atomic mass is 10.1. The highest BCUT2D eigenvalue weighted by Crippen LogP contribution is 2.32. The van der Waals surface area contributed by atoms with E-state index in [0.29, 0.717) is 15.6 Å². The van der Waals surface area contributed by atoms with Crippen molar-refractivity contribution in [2.75, 3.05) is 6.54 Å². The van der Waals surface area contributed by atoms with E-state index < -0.39 is 12.1 Å². The maximum atomic E-state index is 11.0. The van der Waals surface area contributed by atoms with Crippen molar-refractivity contribution >= 4 is 29.2 Å². The van der Waals surface area contributed by atoms with Crippen LogP contribution in [-0.4, -0.2) is 12.5 Å². The number of hydrogen-bond acceptors (Lipinski definition) is 3. The van der Waals surface area contributed by atoms with Crippen LogP contribution in [0.25, 0.3) is 10.4 Å². The molecule has 0 aliphatic heterocycles. The number of esters is 1. The van der Waals surface area contributed by atoms with E-state index >= 15 is 0 Å². The predicted molar refractivity (Wildman–Crippen MR) is 65.0 cm³/mol. The molecule has 1 aromatic rings. The number of hydrogen-bond donors (Lipinski definition) is 0. The van der Waals surface area contributed by atoms with Crippen LogP contribution in [0.15, 0.2) is 23.3 Å². The second-order valence-corrected chi connectivity index (χ2v) is 3.96. The van der Waals surface area contributed by atoms with Crippen molar-refractivity contribution in [3.8, 4) is 0 Å². The van der Waals surface area contributed by atoms with Crippen LogP contribution in [0.1, 0.15) is 18.6 Å². The lowest BCUT2D eigenvalue weighted by molar-refractivity contribution is -0.146. The number of carbonyl (C=O) groups excluding carboxylic acids is 1. The van der Waals surface area contributed by atoms with Crippen LogP contribution in [0, 0.1) is 0 Å². The zero-order valence-corrected chi connectivity index (χ0v) is 10.4. The number of azide groups is 1. The second-order valence-electron chi connectivity index (χ2n) is 3.15. The number of ether oxygens (including phenoxy) is 1. The molecule has 0 aromatic heterocycles. The van der Waals surface area contributed by atoms with Gasteiger partial charge in [-0.1, -0.05) is 34.4 Å². The monoisotopic (exact) mass is 273 g/mol. The molecule has 90 valence electrons. The molecule has 0 aliphatic carbocycles. The molecular weight excluding hydrogens is 265 g/mol. The fourth-order valence-electron chi connectivity index (χ4n) is 1.32. The smallest absolute Gasteiger partial charge is 0.303 e. The first-order valence-corrected chi connectivity index (χ1v) is 5.44. The minimum atomic E-state index is -0.774. The summed E-state index contributed by atoms with van der Waals surface area (Å²) in [7, 11) is 0. The first-order chi connectivity index (χ1) is 8.06. The summed E-state index contributed by atoms with van der Waals surface area (Å²) in [4.78, 5) is 13.6. The summed E-state index contributed by atoms with van der Waals surface area (Å²) in [6.07, 6.45) is -0.774. The molecule has 0 radical (unpaired) electrons. The molecule has 7 heteroatoms. The van der Waals surface area contributed by atoms with Crippen molar-refractivity contribution < 1.29 is 9.53 Å². The fraction of sp³-hybridized carbons (Fsp3) is 0.300. The molecule has 1 atom stereocenters. The topological polar surface area (TPSA) is 75.1 Å². The first-order valence-electron chi connectivity index (χ1n) is 4.68. The normalized spacial score (nSPS) is 11.5. The van der Waals surface area contributed by atoms with Gasteiger partial charge in [0.05, 0.1) is 6.54 Å². The van der Waals surface area contributed by atoms with Crippen molar-refractivity contribution in [1.82, 2.24) is 0 Å². The van der Waals surface area contributed by atoms with Gasteiger partial charge in [-0.15, -0.1) is 0 Å². The third-order valence-corrected chi connectivity index (χ3v) is 2.60. The first kappa shape index (κ1) is 13.6. The maximum Gasteiger partial charge on any atom is 0.303 e. The molecule has 1 unspecified atom stereocenters. The zero-order valence-electron chi connectivity index (χ0n) is 8.93. The Morgan fingerprint density at radius 3 is 2.59 bits per heavy atom. The van der Waals surface area contributed by atoms with E-state index in [1.54, 1.807) is 18.2 Å². The van der Waals surface area contributed by atoms with Crippen molar-refractivity contribution in [2.45, 2.75) is 13.0 Å². The molecule has 0 bridgehead atoms. The Kier molecular flexibility index (Phi) is 5.10. The summed E-state index contributed by atoms with van der Waals surface area (Å²) < 4.78 is 5.03. The summed E-state index contributed by atoms with van der Waals surface area (Å²) in [6, 6.07) is 4.91. The average Bonchev–Trinajstić information content (AvgIpc) is 2.24. The van der Waals surface area contributed by atoms with Gasteiger partial charge in [0.1, 0.15) is 6.10 Å². The van der Waals surface area contributed by atoms with Crippen LogP contribution in [-0.2, 0) is 9.53 Å². The van der Waals surface area contributed by atoms with Crippen molar-refractivity contribution in [3.05, 3.63) is 44.3 Å². The van der Waals surface area contributed by atoms with Gasteiger partial charge >= 0.3 is 5.97 Å². The Labute approximate surface area is 108 Å². The third-order valence-electron chi connectivity index (χ3n) is 1.94. The molecule has 5 nitrogen and oxygen atoms in total. The lowest BCUT2D eigenvalue weighted by Gasteiger charge is -2.17. The third kappa shape index (κ3) is 3.82. The summed E-state index contributed by atoms with van der Waals surface area (Å²) in [5.74, 6) is -0.501. The van der Waals surface area contributed by atoms with E-state index in [0.717, 1.165) is 0 Å². The Bertz CT molecular complexity index is 448. The number of halogens is 2. The predicted octanol–water partition coefficient (Wildman–Crippen LogP) is 3.91. The number of benzene rings is 1. The van der Waals surface area contributed by atoms with Crippen LogP contribution in [0.4, 0.5) is 0 Å². The molecular formula is C10H9Cl2N3O2. The highest BCUT2D eigenvalue weighted by atomic mass is 35.5. The molecule has 0 amide bonds. The number of nitrogens with zero attached hydrogens (tertiary/aromatic N) is 3. The summed E-state index contributed by atoms with van der Waals surface area (Å²) in [6.45, 7) is 1.20. The average molecular weight is 274 g/mol. The number of carbonyl (C=O) groups is 1. The SMILES string of the molecule is CC(=O)OC(CN=[N+]=[N-])c1c(Cl)cccc1Cl. The zero-order chi connectivity index (χ0) is 12.8. The molecule has 0 spiro atoms. The van der Waals surface area contributed by atoms with Crippen LogP contribution < -0.4 is 0 Å². The fourth-order valence-corrected chi connectivity index (χ4v) is 1.96. The van der Waals surface area contributed by atoms with Gasteiger partial charge in [0.2, 0.25) is 0 Å². The van der Waals surface area contributed by atoms with Gasteiger partial charge in [-0.25, -0.2) is 0 Å². The van der Waals surface area contributed by atoms with Crippen molar-refractivity contribution in [1.29, 1.82) is 0 Å². The molecule has 0 saturated carbocycles. The van der Waals surface area contributed by atoms with Gasteiger partial charge in [0, 0.05) is 27.4 Å².